The summed E-state index contributed by atoms with van der Waals surface area (Å²) in [4.78, 5) is 15.0. The average molecular weight is 247 g/mol. The first-order valence-corrected chi connectivity index (χ1v) is 5.18. The first kappa shape index (κ1) is 11.5. The minimum Gasteiger partial charge on any atom is -0.394 e. The topological polar surface area (TPSA) is 84.6 Å². The van der Waals surface area contributed by atoms with Gasteiger partial charge in [0.25, 0.3) is 0 Å². The van der Waals surface area contributed by atoms with Gasteiger partial charge in [-0.3, -0.25) is 4.57 Å². The van der Waals surface area contributed by atoms with Gasteiger partial charge in [-0.15, -0.1) is 0 Å². The molecule has 0 radical (unpaired) electrons. The van der Waals surface area contributed by atoms with Crippen LogP contribution in [0.15, 0.2) is 17.1 Å². The van der Waals surface area contributed by atoms with Crippen LogP contribution in [0.2, 0.25) is 5.15 Å². The summed E-state index contributed by atoms with van der Waals surface area (Å²) in [5, 5.41) is 18.7. The highest BCUT2D eigenvalue weighted by molar-refractivity contribution is 6.29. The number of hydrogen-bond donors (Lipinski definition) is 2. The van der Waals surface area contributed by atoms with E-state index in [2.05, 4.69) is 4.98 Å². The maximum absolute atomic E-state index is 11.5. The van der Waals surface area contributed by atoms with Crippen molar-refractivity contribution in [3.8, 4) is 0 Å². The Morgan fingerprint density at radius 1 is 1.69 bits per heavy atom. The van der Waals surface area contributed by atoms with Gasteiger partial charge in [0, 0.05) is 12.6 Å². The van der Waals surface area contributed by atoms with E-state index >= 15 is 0 Å². The molecule has 0 aromatic carbocycles. The molecule has 1 unspecified atom stereocenters. The number of halogens is 1. The van der Waals surface area contributed by atoms with Crippen LogP contribution in [0.3, 0.4) is 0 Å². The predicted molar refractivity (Wildman–Crippen MR) is 55.1 cm³/mol. The molecule has 6 nitrogen and oxygen atoms in total. The van der Waals surface area contributed by atoms with E-state index in [-0.39, 0.29) is 18.2 Å². The van der Waals surface area contributed by atoms with Crippen molar-refractivity contribution in [1.82, 2.24) is 9.55 Å². The van der Waals surface area contributed by atoms with E-state index in [9.17, 15) is 9.90 Å². The molecule has 0 spiro atoms. The Morgan fingerprint density at radius 2 is 2.44 bits per heavy atom. The Kier molecular flexibility index (Phi) is 3.25. The van der Waals surface area contributed by atoms with Crippen LogP contribution < -0.4 is 5.69 Å². The quantitative estimate of drug-likeness (QED) is 0.690. The van der Waals surface area contributed by atoms with Crippen molar-refractivity contribution in [2.24, 2.45) is 0 Å². The maximum atomic E-state index is 11.5. The Labute approximate surface area is 96.1 Å². The lowest BCUT2D eigenvalue weighted by molar-refractivity contribution is -0.0530. The third-order valence-electron chi connectivity index (χ3n) is 2.44. The molecule has 0 aliphatic carbocycles. The highest BCUT2D eigenvalue weighted by Gasteiger charge is 2.35. The highest BCUT2D eigenvalue weighted by atomic mass is 35.5. The molecule has 1 aromatic rings. The number of aromatic nitrogens is 2. The summed E-state index contributed by atoms with van der Waals surface area (Å²) in [5.74, 6) is 0. The van der Waals surface area contributed by atoms with Crippen molar-refractivity contribution in [3.63, 3.8) is 0 Å². The maximum Gasteiger partial charge on any atom is 0.351 e. The van der Waals surface area contributed by atoms with Gasteiger partial charge in [-0.05, 0) is 6.07 Å². The third-order valence-corrected chi connectivity index (χ3v) is 2.65. The van der Waals surface area contributed by atoms with Crippen LogP contribution in [0.1, 0.15) is 12.6 Å². The number of aliphatic hydroxyl groups excluding tert-OH is 2. The van der Waals surface area contributed by atoms with Crippen LogP contribution >= 0.6 is 11.6 Å². The van der Waals surface area contributed by atoms with Crippen molar-refractivity contribution in [3.05, 3.63) is 27.9 Å². The van der Waals surface area contributed by atoms with Crippen LogP contribution in [0.4, 0.5) is 0 Å². The number of aliphatic hydroxyl groups is 2. The summed E-state index contributed by atoms with van der Waals surface area (Å²) in [7, 11) is 0. The summed E-state index contributed by atoms with van der Waals surface area (Å²) in [6.45, 7) is -0.191. The second-order valence-electron chi connectivity index (χ2n) is 3.57. The zero-order chi connectivity index (χ0) is 11.7. The summed E-state index contributed by atoms with van der Waals surface area (Å²) in [6, 6.07) is 1.44. The van der Waals surface area contributed by atoms with Gasteiger partial charge in [0.1, 0.15) is 11.3 Å². The molecule has 0 amide bonds. The first-order valence-electron chi connectivity index (χ1n) is 4.81. The van der Waals surface area contributed by atoms with E-state index in [4.69, 9.17) is 21.4 Å². The lowest BCUT2D eigenvalue weighted by Gasteiger charge is -2.16. The third kappa shape index (κ3) is 2.10. The van der Waals surface area contributed by atoms with E-state index in [1.807, 2.05) is 0 Å². The van der Waals surface area contributed by atoms with Gasteiger partial charge in [-0.2, -0.15) is 4.98 Å². The molecule has 3 atom stereocenters. The predicted octanol–water partition coefficient (Wildman–Crippen LogP) is -0.463. The van der Waals surface area contributed by atoms with Crippen molar-refractivity contribution in [2.45, 2.75) is 24.9 Å². The fraction of sp³-hybridized carbons (Fsp3) is 0.556. The molecule has 0 saturated carbocycles. The van der Waals surface area contributed by atoms with Gasteiger partial charge in [0.2, 0.25) is 0 Å². The molecular weight excluding hydrogens is 236 g/mol. The van der Waals surface area contributed by atoms with E-state index in [0.29, 0.717) is 0 Å². The smallest absolute Gasteiger partial charge is 0.351 e. The standard InChI is InChI=1S/C9H11ClN2O4/c10-7-1-2-12(9(15)11-7)8-6(14)3-5(4-13)16-8/h1-2,5-6,8,13-14H,3-4H2/t5-,6?,8+/m0/s1. The molecule has 2 rings (SSSR count). The zero-order valence-corrected chi connectivity index (χ0v) is 9.04. The van der Waals surface area contributed by atoms with Gasteiger partial charge in [0.05, 0.1) is 12.7 Å². The van der Waals surface area contributed by atoms with E-state index in [0.717, 1.165) is 4.57 Å². The minimum absolute atomic E-state index is 0.0902. The van der Waals surface area contributed by atoms with Crippen LogP contribution in [0, 0.1) is 0 Å². The molecule has 1 fully saturated rings. The molecular formula is C9H11ClN2O4. The Balaban J connectivity index is 2.28. The van der Waals surface area contributed by atoms with Crippen LogP contribution in [-0.4, -0.2) is 38.6 Å². The van der Waals surface area contributed by atoms with E-state index < -0.39 is 24.1 Å². The highest BCUT2D eigenvalue weighted by Crippen LogP contribution is 2.27. The fourth-order valence-corrected chi connectivity index (χ4v) is 1.81. The molecule has 1 aromatic heterocycles. The summed E-state index contributed by atoms with van der Waals surface area (Å²) in [6.07, 6.45) is -0.406. The summed E-state index contributed by atoms with van der Waals surface area (Å²) >= 11 is 5.55. The van der Waals surface area contributed by atoms with Crippen molar-refractivity contribution < 1.29 is 14.9 Å². The fourth-order valence-electron chi connectivity index (χ4n) is 1.68. The van der Waals surface area contributed by atoms with Crippen LogP contribution in [0.5, 0.6) is 0 Å². The lowest BCUT2D eigenvalue weighted by atomic mass is 10.2. The van der Waals surface area contributed by atoms with Crippen molar-refractivity contribution >= 4 is 11.6 Å². The molecule has 1 saturated heterocycles. The van der Waals surface area contributed by atoms with E-state index in [1.165, 1.54) is 12.3 Å². The molecule has 2 N–H and O–H groups in total. The van der Waals surface area contributed by atoms with Gasteiger partial charge in [-0.25, -0.2) is 4.79 Å². The van der Waals surface area contributed by atoms with Crippen LogP contribution in [-0.2, 0) is 4.74 Å². The normalized spacial score (nSPS) is 29.6. The van der Waals surface area contributed by atoms with Gasteiger partial charge < -0.3 is 14.9 Å². The largest absolute Gasteiger partial charge is 0.394 e. The minimum atomic E-state index is -0.835. The zero-order valence-electron chi connectivity index (χ0n) is 8.28. The molecule has 88 valence electrons. The Hall–Kier alpha value is -0.950. The molecule has 16 heavy (non-hydrogen) atoms. The van der Waals surface area contributed by atoms with Crippen LogP contribution in [0.25, 0.3) is 0 Å². The SMILES string of the molecule is O=c1nc(Cl)ccn1[C@@H]1O[C@H](CO)CC1O. The second kappa shape index (κ2) is 4.50. The lowest BCUT2D eigenvalue weighted by Crippen LogP contribution is -2.31. The van der Waals surface area contributed by atoms with E-state index in [1.54, 1.807) is 0 Å². The number of hydrogen-bond acceptors (Lipinski definition) is 5. The number of ether oxygens (including phenoxy) is 1. The molecule has 7 heteroatoms. The monoisotopic (exact) mass is 246 g/mol. The van der Waals surface area contributed by atoms with Crippen molar-refractivity contribution in [2.75, 3.05) is 6.61 Å². The summed E-state index contributed by atoms with van der Waals surface area (Å²) < 4.78 is 6.47. The van der Waals surface area contributed by atoms with Crippen molar-refractivity contribution in [1.29, 1.82) is 0 Å². The molecule has 0 bridgehead atoms. The average Bonchev–Trinajstić information content (AvgIpc) is 2.60. The molecule has 1 aliphatic heterocycles. The van der Waals surface area contributed by atoms with Gasteiger partial charge in [-0.1, -0.05) is 11.6 Å². The molecule has 2 heterocycles. The second-order valence-corrected chi connectivity index (χ2v) is 3.96. The first-order chi connectivity index (χ1) is 7.61. The number of rotatable bonds is 2. The summed E-state index contributed by atoms with van der Waals surface area (Å²) in [5.41, 5.74) is -0.588. The number of nitrogens with zero attached hydrogens (tertiary/aromatic N) is 2. The van der Waals surface area contributed by atoms with Gasteiger partial charge >= 0.3 is 5.69 Å². The molecule has 1 aliphatic rings. The Bertz CT molecular complexity index is 436. The Morgan fingerprint density at radius 3 is 3.00 bits per heavy atom. The van der Waals surface area contributed by atoms with Gasteiger partial charge in [0.15, 0.2) is 6.23 Å².